The third kappa shape index (κ3) is 4.71. The van der Waals surface area contributed by atoms with Crippen LogP contribution in [0.1, 0.15) is 22.1 Å². The molecule has 3 rings (SSSR count). The van der Waals surface area contributed by atoms with Gasteiger partial charge >= 0.3 is 5.97 Å². The number of nitrogens with one attached hydrogen (secondary N) is 1. The minimum Gasteiger partial charge on any atom is -0.490 e. The predicted octanol–water partition coefficient (Wildman–Crippen LogP) is 3.55. The molecule has 6 heteroatoms. The maximum Gasteiger partial charge on any atom is 0.321 e. The van der Waals surface area contributed by atoms with Crippen molar-refractivity contribution in [1.82, 2.24) is 5.32 Å². The molecule has 0 aromatic heterocycles. The second-order valence-corrected chi connectivity index (χ2v) is 7.42. The molecule has 1 saturated heterocycles. The molecule has 138 valence electrons. The number of aryl methyl sites for hydroxylation is 2. The van der Waals surface area contributed by atoms with Crippen LogP contribution in [0, 0.1) is 13.8 Å². The second kappa shape index (κ2) is 8.47. The van der Waals surface area contributed by atoms with Gasteiger partial charge in [-0.25, -0.2) is 0 Å². The minimum atomic E-state index is -0.802. The molecule has 1 aliphatic heterocycles. The molecule has 2 atom stereocenters. The SMILES string of the molecule is Cc1ccc(OCCOc2ccc(C3NC(C(=O)O)CS3)cc2)cc1C. The van der Waals surface area contributed by atoms with Gasteiger partial charge in [0, 0.05) is 5.75 Å². The lowest BCUT2D eigenvalue weighted by atomic mass is 10.1. The quantitative estimate of drug-likeness (QED) is 0.724. The van der Waals surface area contributed by atoms with E-state index in [1.807, 2.05) is 42.5 Å². The van der Waals surface area contributed by atoms with E-state index in [-0.39, 0.29) is 5.37 Å². The summed E-state index contributed by atoms with van der Waals surface area (Å²) in [6.45, 7) is 5.08. The van der Waals surface area contributed by atoms with E-state index in [2.05, 4.69) is 19.2 Å². The van der Waals surface area contributed by atoms with Crippen LogP contribution in [0.15, 0.2) is 42.5 Å². The van der Waals surface area contributed by atoms with Crippen LogP contribution in [0.3, 0.4) is 0 Å². The lowest BCUT2D eigenvalue weighted by Crippen LogP contribution is -2.33. The first-order valence-corrected chi connectivity index (χ1v) is 9.61. The number of ether oxygens (including phenoxy) is 2. The van der Waals surface area contributed by atoms with E-state index in [1.165, 1.54) is 11.1 Å². The fourth-order valence-corrected chi connectivity index (χ4v) is 3.90. The highest BCUT2D eigenvalue weighted by atomic mass is 32.2. The topological polar surface area (TPSA) is 67.8 Å². The number of hydrogen-bond acceptors (Lipinski definition) is 5. The van der Waals surface area contributed by atoms with E-state index in [9.17, 15) is 4.79 Å². The monoisotopic (exact) mass is 373 g/mol. The van der Waals surface area contributed by atoms with E-state index in [4.69, 9.17) is 14.6 Å². The summed E-state index contributed by atoms with van der Waals surface area (Å²) in [4.78, 5) is 11.0. The Hall–Kier alpha value is -2.18. The van der Waals surface area contributed by atoms with E-state index >= 15 is 0 Å². The number of benzene rings is 2. The fraction of sp³-hybridized carbons (Fsp3) is 0.350. The van der Waals surface area contributed by atoms with Crippen LogP contribution in [0.2, 0.25) is 0 Å². The molecule has 5 nitrogen and oxygen atoms in total. The Bertz CT molecular complexity index is 763. The third-order valence-electron chi connectivity index (χ3n) is 4.36. The van der Waals surface area contributed by atoms with E-state index in [1.54, 1.807) is 11.8 Å². The number of carbonyl (C=O) groups is 1. The molecule has 2 N–H and O–H groups in total. The van der Waals surface area contributed by atoms with Crippen molar-refractivity contribution in [1.29, 1.82) is 0 Å². The number of aliphatic carboxylic acids is 1. The van der Waals surface area contributed by atoms with Crippen LogP contribution in [0.5, 0.6) is 11.5 Å². The molecule has 0 amide bonds. The normalized spacial score (nSPS) is 19.3. The van der Waals surface area contributed by atoms with Crippen molar-refractivity contribution in [3.05, 3.63) is 59.2 Å². The zero-order chi connectivity index (χ0) is 18.5. The Morgan fingerprint density at radius 3 is 2.35 bits per heavy atom. The van der Waals surface area contributed by atoms with Crippen molar-refractivity contribution in [3.8, 4) is 11.5 Å². The summed E-state index contributed by atoms with van der Waals surface area (Å²) in [5.41, 5.74) is 3.51. The lowest BCUT2D eigenvalue weighted by molar-refractivity contribution is -0.138. The summed E-state index contributed by atoms with van der Waals surface area (Å²) in [6.07, 6.45) is 0. The summed E-state index contributed by atoms with van der Waals surface area (Å²) < 4.78 is 11.4. The van der Waals surface area contributed by atoms with Gasteiger partial charge in [-0.2, -0.15) is 0 Å². The van der Waals surface area contributed by atoms with Gasteiger partial charge in [0.25, 0.3) is 0 Å². The Morgan fingerprint density at radius 1 is 1.08 bits per heavy atom. The molecule has 0 radical (unpaired) electrons. The van der Waals surface area contributed by atoms with Crippen molar-refractivity contribution in [2.45, 2.75) is 25.3 Å². The van der Waals surface area contributed by atoms with Crippen LogP contribution in [0.4, 0.5) is 0 Å². The highest BCUT2D eigenvalue weighted by molar-refractivity contribution is 7.99. The molecule has 0 bridgehead atoms. The van der Waals surface area contributed by atoms with Crippen LogP contribution in [-0.4, -0.2) is 36.1 Å². The highest BCUT2D eigenvalue weighted by Gasteiger charge is 2.30. The lowest BCUT2D eigenvalue weighted by Gasteiger charge is -2.13. The maximum absolute atomic E-state index is 11.0. The number of hydrogen-bond donors (Lipinski definition) is 2. The van der Waals surface area contributed by atoms with Crippen LogP contribution >= 0.6 is 11.8 Å². The Morgan fingerprint density at radius 2 is 1.73 bits per heavy atom. The van der Waals surface area contributed by atoms with Gasteiger partial charge in [0.2, 0.25) is 0 Å². The van der Waals surface area contributed by atoms with Crippen molar-refractivity contribution < 1.29 is 19.4 Å². The molecular formula is C20H23NO4S. The minimum absolute atomic E-state index is 0.0123. The Balaban J connectivity index is 1.44. The maximum atomic E-state index is 11.0. The molecule has 0 saturated carbocycles. The summed E-state index contributed by atoms with van der Waals surface area (Å²) >= 11 is 1.61. The number of thioether (sulfide) groups is 1. The van der Waals surface area contributed by atoms with Crippen LogP contribution < -0.4 is 14.8 Å². The first-order valence-electron chi connectivity index (χ1n) is 8.56. The van der Waals surface area contributed by atoms with Gasteiger partial charge in [0.05, 0.1) is 5.37 Å². The standard InChI is InChI=1S/C20H23NO4S/c1-13-3-6-17(11-14(13)2)25-10-9-24-16-7-4-15(5-8-16)19-21-18(12-26-19)20(22)23/h3-8,11,18-19,21H,9-10,12H2,1-2H3,(H,22,23). The van der Waals surface area contributed by atoms with Gasteiger partial charge in [-0.1, -0.05) is 18.2 Å². The molecule has 2 aromatic rings. The second-order valence-electron chi connectivity index (χ2n) is 6.28. The van der Waals surface area contributed by atoms with E-state index in [0.29, 0.717) is 19.0 Å². The smallest absolute Gasteiger partial charge is 0.321 e. The largest absolute Gasteiger partial charge is 0.490 e. The van der Waals surface area contributed by atoms with Crippen molar-refractivity contribution >= 4 is 17.7 Å². The number of carboxylic acids is 1. The average Bonchev–Trinajstić information content (AvgIpc) is 3.13. The van der Waals surface area contributed by atoms with Crippen LogP contribution in [0.25, 0.3) is 0 Å². The van der Waals surface area contributed by atoms with Gasteiger partial charge in [0.15, 0.2) is 0 Å². The van der Waals surface area contributed by atoms with Gasteiger partial charge in [0.1, 0.15) is 30.8 Å². The van der Waals surface area contributed by atoms with Crippen molar-refractivity contribution in [3.63, 3.8) is 0 Å². The van der Waals surface area contributed by atoms with E-state index in [0.717, 1.165) is 17.1 Å². The molecule has 2 aromatic carbocycles. The van der Waals surface area contributed by atoms with Gasteiger partial charge < -0.3 is 14.6 Å². The molecule has 0 aliphatic carbocycles. The van der Waals surface area contributed by atoms with Gasteiger partial charge in [-0.05, 0) is 54.8 Å². The summed E-state index contributed by atoms with van der Waals surface area (Å²) in [5.74, 6) is 1.40. The molecule has 0 spiro atoms. The third-order valence-corrected chi connectivity index (χ3v) is 5.63. The molecule has 26 heavy (non-hydrogen) atoms. The Kier molecular flexibility index (Phi) is 6.06. The number of carboxylic acid groups (broad SMARTS) is 1. The molecular weight excluding hydrogens is 350 g/mol. The van der Waals surface area contributed by atoms with Crippen molar-refractivity contribution in [2.75, 3.05) is 19.0 Å². The summed E-state index contributed by atoms with van der Waals surface area (Å²) in [5, 5.41) is 12.2. The first kappa shape index (κ1) is 18.6. The van der Waals surface area contributed by atoms with Gasteiger partial charge in [-0.15, -0.1) is 11.8 Å². The highest BCUT2D eigenvalue weighted by Crippen LogP contribution is 2.33. The summed E-state index contributed by atoms with van der Waals surface area (Å²) in [7, 11) is 0. The van der Waals surface area contributed by atoms with Crippen LogP contribution in [-0.2, 0) is 4.79 Å². The molecule has 1 heterocycles. The molecule has 2 unspecified atom stereocenters. The zero-order valence-corrected chi connectivity index (χ0v) is 15.7. The zero-order valence-electron chi connectivity index (χ0n) is 14.9. The predicted molar refractivity (Wildman–Crippen MR) is 103 cm³/mol. The average molecular weight is 373 g/mol. The van der Waals surface area contributed by atoms with Gasteiger partial charge in [-0.3, -0.25) is 10.1 Å². The molecule has 1 aliphatic rings. The van der Waals surface area contributed by atoms with Crippen molar-refractivity contribution in [2.24, 2.45) is 0 Å². The molecule has 1 fully saturated rings. The first-order chi connectivity index (χ1) is 12.5. The van der Waals surface area contributed by atoms with E-state index < -0.39 is 12.0 Å². The Labute approximate surface area is 157 Å². The number of rotatable bonds is 7. The summed E-state index contributed by atoms with van der Waals surface area (Å²) in [6, 6.07) is 13.3. The fourth-order valence-electron chi connectivity index (χ4n) is 2.67.